The van der Waals surface area contributed by atoms with Crippen LogP contribution < -0.4 is 0 Å². The van der Waals surface area contributed by atoms with Gasteiger partial charge in [-0.25, -0.2) is 0 Å². The lowest BCUT2D eigenvalue weighted by Crippen LogP contribution is -1.89. The van der Waals surface area contributed by atoms with Crippen LogP contribution in [0, 0.1) is 20.8 Å². The van der Waals surface area contributed by atoms with Gasteiger partial charge in [-0.3, -0.25) is 0 Å². The molecule has 14 aromatic rings. The minimum atomic E-state index is 1.21. The third kappa shape index (κ3) is 6.31. The Balaban J connectivity index is 0.875. The van der Waals surface area contributed by atoms with E-state index in [0.29, 0.717) is 0 Å². The molecule has 0 nitrogen and oxygen atoms in total. The number of thiophene rings is 3. The maximum atomic E-state index is 2.41. The normalized spacial score (nSPS) is 12.0. The first kappa shape index (κ1) is 39.7. The number of rotatable bonds is 7. The van der Waals surface area contributed by atoms with Crippen LogP contribution in [0.5, 0.6) is 0 Å². The van der Waals surface area contributed by atoms with Crippen molar-refractivity contribution < 1.29 is 0 Å². The lowest BCUT2D eigenvalue weighted by Gasteiger charge is -2.15. The SMILES string of the molecule is Cc1ccc(-c2sc(-c3sc(-c4cc(-c5ccc(-c6ccc7ccc8cccc9ccc6c7c89)cc5)cc(-c5ccc(-c6ccc7ccc8cccc9ccc6c7c89)cc5)c4)cc3C)cc2C)s1. The Bertz CT molecular complexity index is 4030. The highest BCUT2D eigenvalue weighted by atomic mass is 32.1. The molecule has 0 atom stereocenters. The van der Waals surface area contributed by atoms with Gasteiger partial charge in [0.1, 0.15) is 0 Å². The number of aryl methyl sites for hydroxylation is 3. The van der Waals surface area contributed by atoms with Crippen LogP contribution in [0.1, 0.15) is 16.0 Å². The fourth-order valence-corrected chi connectivity index (χ4v) is 14.6. The molecule has 14 rings (SSSR count). The lowest BCUT2D eigenvalue weighted by atomic mass is 9.89. The van der Waals surface area contributed by atoms with Gasteiger partial charge in [0.25, 0.3) is 0 Å². The average Bonchev–Trinajstić information content (AvgIpc) is 4.12. The molecular weight excluding hydrogens is 877 g/mol. The van der Waals surface area contributed by atoms with Gasteiger partial charge >= 0.3 is 0 Å². The second kappa shape index (κ2) is 15.3. The van der Waals surface area contributed by atoms with E-state index in [1.165, 1.54) is 155 Å². The van der Waals surface area contributed by atoms with Crippen molar-refractivity contribution in [3.8, 4) is 74.5 Å². The minimum Gasteiger partial charge on any atom is -0.140 e. The number of hydrogen-bond donors (Lipinski definition) is 0. The fourth-order valence-electron chi connectivity index (χ4n) is 11.0. The molecular formula is C65H42S3. The second-order valence-corrected chi connectivity index (χ2v) is 21.9. The van der Waals surface area contributed by atoms with E-state index >= 15 is 0 Å². The summed E-state index contributed by atoms with van der Waals surface area (Å²) >= 11 is 5.73. The second-order valence-electron chi connectivity index (χ2n) is 18.5. The van der Waals surface area contributed by atoms with Crippen LogP contribution >= 0.6 is 34.0 Å². The van der Waals surface area contributed by atoms with Crippen LogP contribution in [-0.2, 0) is 0 Å². The maximum Gasteiger partial charge on any atom is 0.0478 e. The van der Waals surface area contributed by atoms with E-state index in [0.717, 1.165) is 0 Å². The Morgan fingerprint density at radius 2 is 0.662 bits per heavy atom. The first-order chi connectivity index (χ1) is 33.4. The molecule has 0 saturated carbocycles. The molecule has 3 aromatic heterocycles. The van der Waals surface area contributed by atoms with Gasteiger partial charge in [0.2, 0.25) is 0 Å². The quantitative estimate of drug-likeness (QED) is 0.140. The van der Waals surface area contributed by atoms with Gasteiger partial charge in [0.15, 0.2) is 0 Å². The first-order valence-corrected chi connectivity index (χ1v) is 25.8. The molecule has 0 aliphatic carbocycles. The standard InChI is InChI=1S/C65H42S3/c1-37-32-58(67-65(37)59-33-38(2)64(68-59)57-31-10-39(3)66-57)52-35-50(40-11-15-42(16-12-40)53-27-23-48-21-19-44-6-4-8-46-25-29-55(53)62(48)60(44)46)34-51(36-52)41-13-17-43(18-14-41)54-28-24-49-22-20-45-7-5-9-47-26-30-56(54)63(49)61(45)47/h4-36H,1-3H3. The predicted octanol–water partition coefficient (Wildman–Crippen LogP) is 20.3. The monoisotopic (exact) mass is 918 g/mol. The van der Waals surface area contributed by atoms with Gasteiger partial charge in [-0.2, -0.15) is 0 Å². The third-order valence-corrected chi connectivity index (χ3v) is 18.2. The van der Waals surface area contributed by atoms with E-state index in [1.54, 1.807) is 0 Å². The van der Waals surface area contributed by atoms with Gasteiger partial charge in [-0.15, -0.1) is 34.0 Å². The lowest BCUT2D eigenvalue weighted by molar-refractivity contribution is 1.53. The van der Waals surface area contributed by atoms with E-state index in [-0.39, 0.29) is 0 Å². The summed E-state index contributed by atoms with van der Waals surface area (Å²) in [6.45, 7) is 6.73. The van der Waals surface area contributed by atoms with Gasteiger partial charge in [-0.1, -0.05) is 158 Å². The molecule has 0 saturated heterocycles. The van der Waals surface area contributed by atoms with Gasteiger partial charge in [-0.05, 0) is 189 Å². The van der Waals surface area contributed by atoms with Crippen LogP contribution in [-0.4, -0.2) is 0 Å². The Morgan fingerprint density at radius 3 is 1.15 bits per heavy atom. The van der Waals surface area contributed by atoms with Crippen molar-refractivity contribution in [1.82, 2.24) is 0 Å². The smallest absolute Gasteiger partial charge is 0.0478 e. The van der Waals surface area contributed by atoms with Gasteiger partial charge in [0.05, 0.1) is 0 Å². The van der Waals surface area contributed by atoms with Crippen molar-refractivity contribution in [2.75, 3.05) is 0 Å². The minimum absolute atomic E-state index is 1.21. The topological polar surface area (TPSA) is 0 Å². The zero-order valence-corrected chi connectivity index (χ0v) is 40.2. The molecule has 68 heavy (non-hydrogen) atoms. The molecule has 0 fully saturated rings. The van der Waals surface area contributed by atoms with E-state index in [9.17, 15) is 0 Å². The zero-order chi connectivity index (χ0) is 45.2. The van der Waals surface area contributed by atoms with Gasteiger partial charge in [0, 0.05) is 29.3 Å². The molecule has 0 radical (unpaired) electrons. The molecule has 0 bridgehead atoms. The van der Waals surface area contributed by atoms with Crippen molar-refractivity contribution >= 4 is 98.6 Å². The number of benzene rings is 11. The number of hydrogen-bond acceptors (Lipinski definition) is 3. The third-order valence-electron chi connectivity index (χ3n) is 14.4. The highest BCUT2D eigenvalue weighted by Crippen LogP contribution is 2.48. The van der Waals surface area contributed by atoms with Crippen molar-refractivity contribution in [1.29, 1.82) is 0 Å². The Kier molecular flexibility index (Phi) is 8.95. The summed E-state index contributed by atoms with van der Waals surface area (Å²) in [6, 6.07) is 75.8. The summed E-state index contributed by atoms with van der Waals surface area (Å²) in [5, 5.41) is 15.8. The highest BCUT2D eigenvalue weighted by Gasteiger charge is 2.19. The molecule has 0 aliphatic rings. The molecule has 0 aliphatic heterocycles. The molecule has 0 spiro atoms. The summed E-state index contributed by atoms with van der Waals surface area (Å²) in [7, 11) is 0. The molecule has 11 aromatic carbocycles. The molecule has 320 valence electrons. The van der Waals surface area contributed by atoms with Crippen LogP contribution in [0.25, 0.3) is 139 Å². The van der Waals surface area contributed by atoms with Crippen LogP contribution in [0.3, 0.4) is 0 Å². The summed E-state index contributed by atoms with van der Waals surface area (Å²) in [4.78, 5) is 8.08. The predicted molar refractivity (Wildman–Crippen MR) is 300 cm³/mol. The summed E-state index contributed by atoms with van der Waals surface area (Å²) < 4.78 is 0. The van der Waals surface area contributed by atoms with Crippen molar-refractivity contribution in [2.45, 2.75) is 20.8 Å². The molecule has 0 amide bonds. The van der Waals surface area contributed by atoms with E-state index in [4.69, 9.17) is 0 Å². The summed E-state index contributed by atoms with van der Waals surface area (Å²) in [5.41, 5.74) is 13.7. The Labute approximate surface area is 407 Å². The van der Waals surface area contributed by atoms with Gasteiger partial charge < -0.3 is 0 Å². The van der Waals surface area contributed by atoms with Crippen molar-refractivity contribution in [3.05, 3.63) is 216 Å². The molecule has 3 heteroatoms. The average molecular weight is 919 g/mol. The summed E-state index contributed by atoms with van der Waals surface area (Å²) in [5.74, 6) is 0. The van der Waals surface area contributed by atoms with Crippen LogP contribution in [0.4, 0.5) is 0 Å². The van der Waals surface area contributed by atoms with Crippen LogP contribution in [0.15, 0.2) is 200 Å². The fraction of sp³-hybridized carbons (Fsp3) is 0.0462. The van der Waals surface area contributed by atoms with E-state index in [2.05, 4.69) is 221 Å². The van der Waals surface area contributed by atoms with Crippen molar-refractivity contribution in [2.24, 2.45) is 0 Å². The highest BCUT2D eigenvalue weighted by molar-refractivity contribution is 7.27. The summed E-state index contributed by atoms with van der Waals surface area (Å²) in [6.07, 6.45) is 0. The molecule has 0 unspecified atom stereocenters. The van der Waals surface area contributed by atoms with E-state index in [1.807, 2.05) is 34.0 Å². The molecule has 3 heterocycles. The van der Waals surface area contributed by atoms with E-state index < -0.39 is 0 Å². The maximum absolute atomic E-state index is 2.41. The molecule has 0 N–H and O–H groups in total. The first-order valence-electron chi connectivity index (χ1n) is 23.4. The largest absolute Gasteiger partial charge is 0.140 e. The zero-order valence-electron chi connectivity index (χ0n) is 37.8. The van der Waals surface area contributed by atoms with Crippen LogP contribution in [0.2, 0.25) is 0 Å². The Hall–Kier alpha value is -7.40. The Morgan fingerprint density at radius 1 is 0.265 bits per heavy atom. The van der Waals surface area contributed by atoms with Crippen molar-refractivity contribution in [3.63, 3.8) is 0 Å².